The SMILES string of the molecule is CC(C)CCOCCNC(C)c1cc2c(s1)CCCC2. The van der Waals surface area contributed by atoms with Crippen LogP contribution in [0.3, 0.4) is 0 Å². The third-order valence-electron chi connectivity index (χ3n) is 3.98. The highest BCUT2D eigenvalue weighted by Crippen LogP contribution is 2.32. The molecule has 1 atom stereocenters. The minimum atomic E-state index is 0.458. The zero-order chi connectivity index (χ0) is 14.4. The molecule has 1 aromatic heterocycles. The first-order valence-corrected chi connectivity index (χ1v) is 8.91. The van der Waals surface area contributed by atoms with Crippen molar-refractivity contribution in [2.75, 3.05) is 19.8 Å². The second-order valence-electron chi connectivity index (χ2n) is 6.27. The van der Waals surface area contributed by atoms with Crippen molar-refractivity contribution in [3.63, 3.8) is 0 Å². The molecule has 2 nitrogen and oxygen atoms in total. The maximum atomic E-state index is 5.65. The molecule has 0 aliphatic heterocycles. The summed E-state index contributed by atoms with van der Waals surface area (Å²) in [5, 5.41) is 3.58. The number of thiophene rings is 1. The number of rotatable bonds is 8. The maximum absolute atomic E-state index is 5.65. The van der Waals surface area contributed by atoms with Crippen molar-refractivity contribution in [3.05, 3.63) is 21.4 Å². The molecule has 0 saturated carbocycles. The molecular formula is C17H29NOS. The molecular weight excluding hydrogens is 266 g/mol. The molecule has 0 fully saturated rings. The average molecular weight is 295 g/mol. The fourth-order valence-electron chi connectivity index (χ4n) is 2.60. The first-order chi connectivity index (χ1) is 9.66. The van der Waals surface area contributed by atoms with Crippen molar-refractivity contribution >= 4 is 11.3 Å². The monoisotopic (exact) mass is 295 g/mol. The van der Waals surface area contributed by atoms with Gasteiger partial charge in [-0.3, -0.25) is 0 Å². The van der Waals surface area contributed by atoms with Gasteiger partial charge in [0.15, 0.2) is 0 Å². The summed E-state index contributed by atoms with van der Waals surface area (Å²) in [5.74, 6) is 0.735. The molecule has 0 amide bonds. The average Bonchev–Trinajstić information content (AvgIpc) is 2.86. The molecule has 0 spiro atoms. The van der Waals surface area contributed by atoms with E-state index in [1.54, 1.807) is 10.4 Å². The van der Waals surface area contributed by atoms with Gasteiger partial charge in [0.1, 0.15) is 0 Å². The highest BCUT2D eigenvalue weighted by atomic mass is 32.1. The number of aryl methyl sites for hydroxylation is 2. The van der Waals surface area contributed by atoms with Gasteiger partial charge in [0.2, 0.25) is 0 Å². The lowest BCUT2D eigenvalue weighted by Gasteiger charge is -2.12. The summed E-state index contributed by atoms with van der Waals surface area (Å²) in [5.41, 5.74) is 1.61. The summed E-state index contributed by atoms with van der Waals surface area (Å²) in [6.07, 6.45) is 6.49. The Hall–Kier alpha value is -0.380. The number of ether oxygens (including phenoxy) is 1. The molecule has 0 radical (unpaired) electrons. The van der Waals surface area contributed by atoms with Crippen molar-refractivity contribution < 1.29 is 4.74 Å². The van der Waals surface area contributed by atoms with Crippen molar-refractivity contribution in [1.29, 1.82) is 0 Å². The Kier molecular flexibility index (Phi) is 6.53. The Morgan fingerprint density at radius 2 is 2.00 bits per heavy atom. The van der Waals surface area contributed by atoms with E-state index < -0.39 is 0 Å². The lowest BCUT2D eigenvalue weighted by atomic mass is 9.99. The minimum Gasteiger partial charge on any atom is -0.380 e. The van der Waals surface area contributed by atoms with E-state index in [0.717, 1.165) is 32.1 Å². The molecule has 20 heavy (non-hydrogen) atoms. The first-order valence-electron chi connectivity index (χ1n) is 8.09. The molecule has 3 heteroatoms. The van der Waals surface area contributed by atoms with E-state index in [4.69, 9.17) is 4.74 Å². The number of fused-ring (bicyclic) bond motifs is 1. The fraction of sp³-hybridized carbons (Fsp3) is 0.765. The number of hydrogen-bond donors (Lipinski definition) is 1. The molecule has 1 aliphatic rings. The van der Waals surface area contributed by atoms with E-state index >= 15 is 0 Å². The molecule has 0 aromatic carbocycles. The van der Waals surface area contributed by atoms with Gasteiger partial charge in [-0.05, 0) is 56.6 Å². The standard InChI is InChI=1S/C17H29NOS/c1-13(2)8-10-19-11-9-18-14(3)17-12-15-6-4-5-7-16(15)20-17/h12-14,18H,4-11H2,1-3H3. The molecule has 1 aliphatic carbocycles. The summed E-state index contributed by atoms with van der Waals surface area (Å²) in [7, 11) is 0. The van der Waals surface area contributed by atoms with E-state index in [9.17, 15) is 0 Å². The Balaban J connectivity index is 1.67. The Morgan fingerprint density at radius 3 is 2.75 bits per heavy atom. The van der Waals surface area contributed by atoms with Gasteiger partial charge in [0.05, 0.1) is 6.61 Å². The predicted octanol–water partition coefficient (Wildman–Crippen LogP) is 4.34. The van der Waals surface area contributed by atoms with Crippen LogP contribution in [0.1, 0.15) is 61.4 Å². The third-order valence-corrected chi connectivity index (χ3v) is 5.40. The van der Waals surface area contributed by atoms with Crippen molar-refractivity contribution in [3.8, 4) is 0 Å². The molecule has 0 bridgehead atoms. The number of nitrogens with one attached hydrogen (secondary N) is 1. The molecule has 1 aromatic rings. The van der Waals surface area contributed by atoms with E-state index in [-0.39, 0.29) is 0 Å². The van der Waals surface area contributed by atoms with Gasteiger partial charge in [-0.1, -0.05) is 13.8 Å². The van der Waals surface area contributed by atoms with Gasteiger partial charge in [0, 0.05) is 28.9 Å². The second-order valence-corrected chi connectivity index (χ2v) is 7.44. The normalized spacial score (nSPS) is 16.4. The Bertz CT molecular complexity index is 376. The summed E-state index contributed by atoms with van der Waals surface area (Å²) in [6, 6.07) is 2.88. The van der Waals surface area contributed by atoms with Crippen LogP contribution in [-0.4, -0.2) is 19.8 Å². The quantitative estimate of drug-likeness (QED) is 0.720. The summed E-state index contributed by atoms with van der Waals surface area (Å²) in [4.78, 5) is 3.13. The van der Waals surface area contributed by atoms with Crippen molar-refractivity contribution in [2.24, 2.45) is 5.92 Å². The van der Waals surface area contributed by atoms with Crippen LogP contribution in [0, 0.1) is 5.92 Å². The topological polar surface area (TPSA) is 21.3 Å². The molecule has 114 valence electrons. The van der Waals surface area contributed by atoms with Crippen LogP contribution >= 0.6 is 11.3 Å². The second kappa shape index (κ2) is 8.16. The summed E-state index contributed by atoms with van der Waals surface area (Å²) < 4.78 is 5.65. The van der Waals surface area contributed by atoms with Crippen LogP contribution < -0.4 is 5.32 Å². The molecule has 0 saturated heterocycles. The molecule has 1 heterocycles. The Labute approximate surface area is 127 Å². The highest BCUT2D eigenvalue weighted by Gasteiger charge is 2.16. The van der Waals surface area contributed by atoms with Crippen LogP contribution in [0.25, 0.3) is 0 Å². The lowest BCUT2D eigenvalue weighted by molar-refractivity contribution is 0.124. The molecule has 1 N–H and O–H groups in total. The van der Waals surface area contributed by atoms with Gasteiger partial charge in [-0.25, -0.2) is 0 Å². The van der Waals surface area contributed by atoms with Gasteiger partial charge >= 0.3 is 0 Å². The molecule has 2 rings (SSSR count). The number of hydrogen-bond acceptors (Lipinski definition) is 3. The van der Waals surface area contributed by atoms with E-state index in [2.05, 4.69) is 32.2 Å². The van der Waals surface area contributed by atoms with E-state index in [0.29, 0.717) is 6.04 Å². The van der Waals surface area contributed by atoms with E-state index in [1.807, 2.05) is 11.3 Å². The van der Waals surface area contributed by atoms with Gasteiger partial charge in [0.25, 0.3) is 0 Å². The fourth-order valence-corrected chi connectivity index (χ4v) is 3.88. The van der Waals surface area contributed by atoms with Crippen molar-refractivity contribution in [2.45, 2.75) is 58.9 Å². The largest absolute Gasteiger partial charge is 0.380 e. The first kappa shape index (κ1) is 16.0. The van der Waals surface area contributed by atoms with Gasteiger partial charge < -0.3 is 10.1 Å². The molecule has 1 unspecified atom stereocenters. The van der Waals surface area contributed by atoms with Crippen LogP contribution in [-0.2, 0) is 17.6 Å². The zero-order valence-electron chi connectivity index (χ0n) is 13.2. The lowest BCUT2D eigenvalue weighted by Crippen LogP contribution is -2.23. The predicted molar refractivity (Wildman–Crippen MR) is 87.7 cm³/mol. The van der Waals surface area contributed by atoms with Gasteiger partial charge in [-0.15, -0.1) is 11.3 Å². The van der Waals surface area contributed by atoms with Crippen LogP contribution in [0.4, 0.5) is 0 Å². The maximum Gasteiger partial charge on any atom is 0.0591 e. The summed E-state index contributed by atoms with van der Waals surface area (Å²) in [6.45, 7) is 9.40. The Morgan fingerprint density at radius 1 is 1.20 bits per heavy atom. The van der Waals surface area contributed by atoms with Gasteiger partial charge in [-0.2, -0.15) is 0 Å². The summed E-state index contributed by atoms with van der Waals surface area (Å²) >= 11 is 2.01. The van der Waals surface area contributed by atoms with Crippen molar-refractivity contribution in [1.82, 2.24) is 5.32 Å². The van der Waals surface area contributed by atoms with Crippen LogP contribution in [0.2, 0.25) is 0 Å². The highest BCUT2D eigenvalue weighted by molar-refractivity contribution is 7.12. The smallest absolute Gasteiger partial charge is 0.0591 e. The van der Waals surface area contributed by atoms with E-state index in [1.165, 1.54) is 30.6 Å². The van der Waals surface area contributed by atoms with Crippen LogP contribution in [0.5, 0.6) is 0 Å². The zero-order valence-corrected chi connectivity index (χ0v) is 14.0. The van der Waals surface area contributed by atoms with Crippen LogP contribution in [0.15, 0.2) is 6.07 Å². The minimum absolute atomic E-state index is 0.458. The third kappa shape index (κ3) is 4.87.